The van der Waals surface area contributed by atoms with Crippen molar-refractivity contribution in [2.45, 2.75) is 38.8 Å². The van der Waals surface area contributed by atoms with Gasteiger partial charge in [0.15, 0.2) is 0 Å². The molecule has 1 aliphatic carbocycles. The molecule has 1 aliphatic heterocycles. The quantitative estimate of drug-likeness (QED) is 0.589. The van der Waals surface area contributed by atoms with E-state index >= 15 is 0 Å². The second-order valence-electron chi connectivity index (χ2n) is 7.89. The van der Waals surface area contributed by atoms with Crippen LogP contribution in [0.5, 0.6) is 0 Å². The molecule has 0 unspecified atom stereocenters. The van der Waals surface area contributed by atoms with Gasteiger partial charge in [0.1, 0.15) is 5.56 Å². The molecule has 3 heterocycles. The van der Waals surface area contributed by atoms with Crippen molar-refractivity contribution >= 4 is 28.5 Å². The maximum atomic E-state index is 12.6. The van der Waals surface area contributed by atoms with Crippen LogP contribution in [-0.4, -0.2) is 44.8 Å². The minimum absolute atomic E-state index is 0.320. The highest BCUT2D eigenvalue weighted by molar-refractivity contribution is 6.31. The summed E-state index contributed by atoms with van der Waals surface area (Å²) < 4.78 is 7.18. The highest BCUT2D eigenvalue weighted by Gasteiger charge is 2.38. The number of pyridine rings is 1. The fourth-order valence-electron chi connectivity index (χ4n) is 4.82. The number of halogens is 1. The molecular formula is C22H23ClN4O2. The minimum atomic E-state index is -0.320. The van der Waals surface area contributed by atoms with Crippen molar-refractivity contribution in [1.29, 1.82) is 0 Å². The molecule has 7 heteroatoms. The van der Waals surface area contributed by atoms with E-state index in [0.29, 0.717) is 29.8 Å². The van der Waals surface area contributed by atoms with Gasteiger partial charge in [-0.15, -0.1) is 0 Å². The first-order chi connectivity index (χ1) is 14.1. The van der Waals surface area contributed by atoms with Crippen LogP contribution in [0.3, 0.4) is 0 Å². The zero-order valence-electron chi connectivity index (χ0n) is 16.3. The van der Waals surface area contributed by atoms with Crippen LogP contribution in [0.15, 0.2) is 36.7 Å². The van der Waals surface area contributed by atoms with Gasteiger partial charge < -0.3 is 4.74 Å². The molecule has 2 bridgehead atoms. The predicted octanol–water partition coefficient (Wildman–Crippen LogP) is 4.23. The Balaban J connectivity index is 1.60. The first-order valence-electron chi connectivity index (χ1n) is 10.2. The Hall–Kier alpha value is -2.44. The van der Waals surface area contributed by atoms with Crippen molar-refractivity contribution < 1.29 is 9.53 Å². The number of piperidine rings is 1. The second kappa shape index (κ2) is 7.43. The Bertz CT molecular complexity index is 1080. The Morgan fingerprint density at radius 2 is 2.21 bits per heavy atom. The maximum absolute atomic E-state index is 12.6. The Kier molecular flexibility index (Phi) is 4.76. The van der Waals surface area contributed by atoms with Crippen molar-refractivity contribution in [2.24, 2.45) is 5.92 Å². The summed E-state index contributed by atoms with van der Waals surface area (Å²) in [5, 5.41) is 6.18. The number of hydrogen-bond acceptors (Lipinski definition) is 5. The highest BCUT2D eigenvalue weighted by Crippen LogP contribution is 2.38. The zero-order valence-corrected chi connectivity index (χ0v) is 17.1. The van der Waals surface area contributed by atoms with Gasteiger partial charge in [-0.1, -0.05) is 11.6 Å². The summed E-state index contributed by atoms with van der Waals surface area (Å²) in [7, 11) is 0. The Morgan fingerprint density at radius 3 is 2.97 bits per heavy atom. The molecule has 0 radical (unpaired) electrons. The summed E-state index contributed by atoms with van der Waals surface area (Å²) in [5.41, 5.74) is 3.10. The molecule has 0 N–H and O–H groups in total. The van der Waals surface area contributed by atoms with Crippen LogP contribution in [0.1, 0.15) is 42.2 Å². The number of carbonyl (C=O) groups is 1. The van der Waals surface area contributed by atoms with Crippen molar-refractivity contribution in [3.05, 3.63) is 52.9 Å². The van der Waals surface area contributed by atoms with E-state index in [9.17, 15) is 4.79 Å². The number of aromatic nitrogens is 3. The average molecular weight is 411 g/mol. The van der Waals surface area contributed by atoms with E-state index in [4.69, 9.17) is 16.3 Å². The number of likely N-dealkylation sites (tertiary alicyclic amines) is 1. The number of fused-ring (bicyclic) bond motifs is 3. The highest BCUT2D eigenvalue weighted by atomic mass is 35.5. The third-order valence-electron chi connectivity index (χ3n) is 6.15. The van der Waals surface area contributed by atoms with Crippen LogP contribution in [-0.2, 0) is 11.3 Å². The molecule has 2 atom stereocenters. The monoisotopic (exact) mass is 410 g/mol. The van der Waals surface area contributed by atoms with E-state index in [1.807, 2.05) is 35.9 Å². The van der Waals surface area contributed by atoms with Gasteiger partial charge in [0.25, 0.3) is 0 Å². The van der Waals surface area contributed by atoms with E-state index in [2.05, 4.69) is 15.0 Å². The normalized spacial score (nSPS) is 21.2. The number of carbonyl (C=O) groups excluding carboxylic acids is 1. The number of esters is 1. The van der Waals surface area contributed by atoms with E-state index in [0.717, 1.165) is 34.7 Å². The van der Waals surface area contributed by atoms with Crippen LogP contribution in [0.4, 0.5) is 0 Å². The first-order valence-corrected chi connectivity index (χ1v) is 10.5. The SMILES string of the molecule is CCOC(=O)c1cnn(-c2ccnc3cc(Cl)ccc23)c1CN1C[C@@H]2CC[C@@H]1C2. The molecule has 0 amide bonds. The number of nitrogens with zero attached hydrogens (tertiary/aromatic N) is 4. The van der Waals surface area contributed by atoms with Crippen molar-refractivity contribution in [2.75, 3.05) is 13.2 Å². The van der Waals surface area contributed by atoms with Crippen molar-refractivity contribution in [3.8, 4) is 5.69 Å². The average Bonchev–Trinajstić information content (AvgIpc) is 3.43. The van der Waals surface area contributed by atoms with Gasteiger partial charge in [0.05, 0.1) is 29.7 Å². The lowest BCUT2D eigenvalue weighted by molar-refractivity contribution is 0.0523. The predicted molar refractivity (Wildman–Crippen MR) is 111 cm³/mol. The summed E-state index contributed by atoms with van der Waals surface area (Å²) in [6.07, 6.45) is 7.20. The standard InChI is InChI=1S/C22H23ClN4O2/c1-2-29-22(28)18-11-25-27(21(18)13-26-12-14-3-5-16(26)9-14)20-7-8-24-19-10-15(23)4-6-17(19)20/h4,6-8,10-11,14,16H,2-3,5,9,12-13H2,1H3/t14-,16-/m1/s1. The third-order valence-corrected chi connectivity index (χ3v) is 6.38. The van der Waals surface area contributed by atoms with Gasteiger partial charge in [-0.2, -0.15) is 5.10 Å². The lowest BCUT2D eigenvalue weighted by Crippen LogP contribution is -2.33. The van der Waals surface area contributed by atoms with Crippen molar-refractivity contribution in [1.82, 2.24) is 19.7 Å². The molecule has 29 heavy (non-hydrogen) atoms. The van der Waals surface area contributed by atoms with Crippen LogP contribution < -0.4 is 0 Å². The van der Waals surface area contributed by atoms with Gasteiger partial charge in [0, 0.05) is 35.7 Å². The zero-order chi connectivity index (χ0) is 20.0. The molecule has 150 valence electrons. The van der Waals surface area contributed by atoms with E-state index in [-0.39, 0.29) is 5.97 Å². The van der Waals surface area contributed by atoms with Crippen molar-refractivity contribution in [3.63, 3.8) is 0 Å². The lowest BCUT2D eigenvalue weighted by Gasteiger charge is -2.27. The summed E-state index contributed by atoms with van der Waals surface area (Å²) in [4.78, 5) is 19.6. The fourth-order valence-corrected chi connectivity index (χ4v) is 4.98. The van der Waals surface area contributed by atoms with Gasteiger partial charge in [-0.25, -0.2) is 9.48 Å². The summed E-state index contributed by atoms with van der Waals surface area (Å²) >= 11 is 6.15. The number of hydrogen-bond donors (Lipinski definition) is 0. The summed E-state index contributed by atoms with van der Waals surface area (Å²) in [6.45, 7) is 3.94. The molecular weight excluding hydrogens is 388 g/mol. The maximum Gasteiger partial charge on any atom is 0.341 e. The molecule has 1 saturated carbocycles. The summed E-state index contributed by atoms with van der Waals surface area (Å²) in [6, 6.07) is 8.18. The number of rotatable bonds is 5. The topological polar surface area (TPSA) is 60.2 Å². The molecule has 3 aromatic rings. The summed E-state index contributed by atoms with van der Waals surface area (Å²) in [5.74, 6) is 0.464. The molecule has 0 spiro atoms. The van der Waals surface area contributed by atoms with E-state index < -0.39 is 0 Å². The largest absolute Gasteiger partial charge is 0.462 e. The molecule has 1 aromatic carbocycles. The molecule has 5 rings (SSSR count). The van der Waals surface area contributed by atoms with Gasteiger partial charge >= 0.3 is 5.97 Å². The van der Waals surface area contributed by atoms with Gasteiger partial charge in [-0.05, 0) is 56.4 Å². The first kappa shape index (κ1) is 18.6. The molecule has 2 aromatic heterocycles. The lowest BCUT2D eigenvalue weighted by atomic mass is 10.1. The van der Waals surface area contributed by atoms with Crippen LogP contribution in [0, 0.1) is 5.92 Å². The minimum Gasteiger partial charge on any atom is -0.462 e. The van der Waals surface area contributed by atoms with Gasteiger partial charge in [0.2, 0.25) is 0 Å². The molecule has 2 aliphatic rings. The van der Waals surface area contributed by atoms with Crippen LogP contribution in [0.25, 0.3) is 16.6 Å². The Labute approximate surface area is 174 Å². The van der Waals surface area contributed by atoms with E-state index in [1.165, 1.54) is 19.3 Å². The van der Waals surface area contributed by atoms with Gasteiger partial charge in [-0.3, -0.25) is 9.88 Å². The fraction of sp³-hybridized carbons (Fsp3) is 0.409. The number of benzene rings is 1. The Morgan fingerprint density at radius 1 is 1.31 bits per heavy atom. The number of ether oxygens (including phenoxy) is 1. The molecule has 6 nitrogen and oxygen atoms in total. The molecule has 2 fully saturated rings. The second-order valence-corrected chi connectivity index (χ2v) is 8.33. The van der Waals surface area contributed by atoms with Crippen LogP contribution >= 0.6 is 11.6 Å². The van der Waals surface area contributed by atoms with E-state index in [1.54, 1.807) is 12.4 Å². The van der Waals surface area contributed by atoms with Crippen LogP contribution in [0.2, 0.25) is 5.02 Å². The molecule has 1 saturated heterocycles. The third kappa shape index (κ3) is 3.30. The smallest absolute Gasteiger partial charge is 0.341 e.